The Kier molecular flexibility index (Phi) is 4.25. The minimum Gasteiger partial charge on any atom is -0.507 e. The SMILES string of the molecule is COC(=O)c1cc(Cc2ccc(OC)cc2)ccc1O. The van der Waals surface area contributed by atoms with Gasteiger partial charge in [-0.3, -0.25) is 0 Å². The molecule has 0 aliphatic carbocycles. The number of hydrogen-bond acceptors (Lipinski definition) is 4. The molecule has 0 aliphatic rings. The minimum absolute atomic E-state index is 0.0738. The third-order valence-corrected chi connectivity index (χ3v) is 3.03. The van der Waals surface area contributed by atoms with Crippen molar-refractivity contribution in [2.24, 2.45) is 0 Å². The van der Waals surface area contributed by atoms with Gasteiger partial charge in [0.15, 0.2) is 0 Å². The van der Waals surface area contributed by atoms with Crippen LogP contribution in [0.4, 0.5) is 0 Å². The van der Waals surface area contributed by atoms with Gasteiger partial charge in [-0.1, -0.05) is 18.2 Å². The standard InChI is InChI=1S/C16H16O4/c1-19-13-6-3-11(4-7-13)9-12-5-8-15(17)14(10-12)16(18)20-2/h3-8,10,17H,9H2,1-2H3. The molecule has 20 heavy (non-hydrogen) atoms. The summed E-state index contributed by atoms with van der Waals surface area (Å²) in [6.07, 6.45) is 0.661. The first kappa shape index (κ1) is 13.9. The highest BCUT2D eigenvalue weighted by atomic mass is 16.5. The molecular formula is C16H16O4. The van der Waals surface area contributed by atoms with E-state index in [1.54, 1.807) is 19.2 Å². The van der Waals surface area contributed by atoms with Gasteiger partial charge in [-0.2, -0.15) is 0 Å². The summed E-state index contributed by atoms with van der Waals surface area (Å²) in [6, 6.07) is 12.6. The molecule has 0 spiro atoms. The van der Waals surface area contributed by atoms with E-state index >= 15 is 0 Å². The summed E-state index contributed by atoms with van der Waals surface area (Å²) in [5.74, 6) is 0.184. The van der Waals surface area contributed by atoms with Gasteiger partial charge in [0.25, 0.3) is 0 Å². The Balaban J connectivity index is 2.22. The zero-order valence-electron chi connectivity index (χ0n) is 11.4. The molecule has 0 unspecified atom stereocenters. The average Bonchev–Trinajstić information content (AvgIpc) is 2.49. The molecule has 0 saturated carbocycles. The van der Waals surface area contributed by atoms with Crippen molar-refractivity contribution in [3.05, 3.63) is 59.2 Å². The van der Waals surface area contributed by atoms with Gasteiger partial charge in [-0.15, -0.1) is 0 Å². The van der Waals surface area contributed by atoms with Crippen LogP contribution in [0.3, 0.4) is 0 Å². The Hall–Kier alpha value is -2.49. The number of rotatable bonds is 4. The van der Waals surface area contributed by atoms with Crippen LogP contribution in [-0.4, -0.2) is 25.3 Å². The molecule has 0 heterocycles. The number of esters is 1. The Morgan fingerprint density at radius 2 is 1.70 bits per heavy atom. The Morgan fingerprint density at radius 1 is 1.05 bits per heavy atom. The summed E-state index contributed by atoms with van der Waals surface area (Å²) in [5, 5.41) is 9.65. The predicted molar refractivity (Wildman–Crippen MR) is 75.2 cm³/mol. The van der Waals surface area contributed by atoms with Crippen LogP contribution in [0.25, 0.3) is 0 Å². The largest absolute Gasteiger partial charge is 0.507 e. The van der Waals surface area contributed by atoms with Crippen molar-refractivity contribution in [3.63, 3.8) is 0 Å². The quantitative estimate of drug-likeness (QED) is 0.869. The van der Waals surface area contributed by atoms with Crippen LogP contribution in [0.5, 0.6) is 11.5 Å². The van der Waals surface area contributed by atoms with Crippen LogP contribution in [0, 0.1) is 0 Å². The maximum Gasteiger partial charge on any atom is 0.341 e. The van der Waals surface area contributed by atoms with Crippen molar-refractivity contribution in [2.75, 3.05) is 14.2 Å². The van der Waals surface area contributed by atoms with Crippen LogP contribution >= 0.6 is 0 Å². The summed E-state index contributed by atoms with van der Waals surface area (Å²) in [4.78, 5) is 11.5. The fraction of sp³-hybridized carbons (Fsp3) is 0.188. The molecule has 2 aromatic carbocycles. The Morgan fingerprint density at radius 3 is 2.30 bits per heavy atom. The Bertz CT molecular complexity index is 602. The number of aromatic hydroxyl groups is 1. The third kappa shape index (κ3) is 3.09. The molecule has 4 nitrogen and oxygen atoms in total. The van der Waals surface area contributed by atoms with E-state index in [4.69, 9.17) is 4.74 Å². The molecule has 1 N–H and O–H groups in total. The van der Waals surface area contributed by atoms with Crippen LogP contribution in [0.2, 0.25) is 0 Å². The molecule has 2 rings (SSSR count). The van der Waals surface area contributed by atoms with Crippen LogP contribution in [0.1, 0.15) is 21.5 Å². The highest BCUT2D eigenvalue weighted by Crippen LogP contribution is 2.22. The Labute approximate surface area is 117 Å². The second-order valence-electron chi connectivity index (χ2n) is 4.37. The number of phenols is 1. The lowest BCUT2D eigenvalue weighted by atomic mass is 10.0. The van der Waals surface area contributed by atoms with Crippen molar-refractivity contribution in [2.45, 2.75) is 6.42 Å². The first-order chi connectivity index (χ1) is 9.63. The zero-order valence-corrected chi connectivity index (χ0v) is 11.4. The first-order valence-corrected chi connectivity index (χ1v) is 6.17. The van der Waals surface area contributed by atoms with E-state index in [1.165, 1.54) is 13.2 Å². The number of hydrogen-bond donors (Lipinski definition) is 1. The molecule has 2 aromatic rings. The number of benzene rings is 2. The molecule has 0 bridgehead atoms. The van der Waals surface area contributed by atoms with E-state index in [-0.39, 0.29) is 11.3 Å². The highest BCUT2D eigenvalue weighted by Gasteiger charge is 2.12. The predicted octanol–water partition coefficient (Wildman–Crippen LogP) is 2.78. The lowest BCUT2D eigenvalue weighted by Crippen LogP contribution is -2.02. The fourth-order valence-electron chi connectivity index (χ4n) is 1.95. The summed E-state index contributed by atoms with van der Waals surface area (Å²) in [5.41, 5.74) is 2.19. The summed E-state index contributed by atoms with van der Waals surface area (Å²) in [7, 11) is 2.91. The van der Waals surface area contributed by atoms with E-state index in [9.17, 15) is 9.90 Å². The summed E-state index contributed by atoms with van der Waals surface area (Å²) in [6.45, 7) is 0. The van der Waals surface area contributed by atoms with Crippen molar-refractivity contribution in [1.29, 1.82) is 0 Å². The van der Waals surface area contributed by atoms with E-state index in [1.807, 2.05) is 24.3 Å². The lowest BCUT2D eigenvalue weighted by molar-refractivity contribution is 0.0597. The van der Waals surface area contributed by atoms with E-state index in [0.717, 1.165) is 16.9 Å². The highest BCUT2D eigenvalue weighted by molar-refractivity contribution is 5.92. The fourth-order valence-corrected chi connectivity index (χ4v) is 1.95. The number of phenolic OH excluding ortho intramolecular Hbond substituents is 1. The van der Waals surface area contributed by atoms with Crippen LogP contribution in [-0.2, 0) is 11.2 Å². The topological polar surface area (TPSA) is 55.8 Å². The van der Waals surface area contributed by atoms with Crippen LogP contribution < -0.4 is 4.74 Å². The zero-order chi connectivity index (χ0) is 14.5. The van der Waals surface area contributed by atoms with Gasteiger partial charge in [0.2, 0.25) is 0 Å². The molecule has 4 heteroatoms. The lowest BCUT2D eigenvalue weighted by Gasteiger charge is -2.07. The van der Waals surface area contributed by atoms with Gasteiger partial charge in [0, 0.05) is 0 Å². The minimum atomic E-state index is -0.543. The van der Waals surface area contributed by atoms with Crippen molar-refractivity contribution < 1.29 is 19.4 Å². The molecule has 104 valence electrons. The van der Waals surface area contributed by atoms with E-state index in [2.05, 4.69) is 4.74 Å². The third-order valence-electron chi connectivity index (χ3n) is 3.03. The number of carbonyl (C=O) groups excluding carboxylic acids is 1. The number of methoxy groups -OCH3 is 2. The number of carbonyl (C=O) groups is 1. The van der Waals surface area contributed by atoms with Crippen molar-refractivity contribution >= 4 is 5.97 Å². The molecule has 0 saturated heterocycles. The second kappa shape index (κ2) is 6.10. The van der Waals surface area contributed by atoms with Gasteiger partial charge in [-0.05, 0) is 41.8 Å². The van der Waals surface area contributed by atoms with Gasteiger partial charge < -0.3 is 14.6 Å². The maximum absolute atomic E-state index is 11.5. The molecule has 0 aromatic heterocycles. The molecule has 0 amide bonds. The second-order valence-corrected chi connectivity index (χ2v) is 4.37. The van der Waals surface area contributed by atoms with Crippen LogP contribution in [0.15, 0.2) is 42.5 Å². The van der Waals surface area contributed by atoms with Gasteiger partial charge in [0.1, 0.15) is 17.1 Å². The van der Waals surface area contributed by atoms with Crippen molar-refractivity contribution in [1.82, 2.24) is 0 Å². The smallest absolute Gasteiger partial charge is 0.341 e. The molecule has 0 atom stereocenters. The average molecular weight is 272 g/mol. The van der Waals surface area contributed by atoms with Gasteiger partial charge in [-0.25, -0.2) is 4.79 Å². The number of ether oxygens (including phenoxy) is 2. The van der Waals surface area contributed by atoms with E-state index < -0.39 is 5.97 Å². The molecule has 0 radical (unpaired) electrons. The summed E-state index contributed by atoms with van der Waals surface area (Å²) < 4.78 is 9.74. The normalized spacial score (nSPS) is 10.1. The van der Waals surface area contributed by atoms with E-state index in [0.29, 0.717) is 6.42 Å². The van der Waals surface area contributed by atoms with Gasteiger partial charge in [0.05, 0.1) is 14.2 Å². The first-order valence-electron chi connectivity index (χ1n) is 6.17. The molecule has 0 aliphatic heterocycles. The summed E-state index contributed by atoms with van der Waals surface area (Å²) >= 11 is 0. The maximum atomic E-state index is 11.5. The van der Waals surface area contributed by atoms with Gasteiger partial charge >= 0.3 is 5.97 Å². The van der Waals surface area contributed by atoms with Crippen molar-refractivity contribution in [3.8, 4) is 11.5 Å². The monoisotopic (exact) mass is 272 g/mol. The molecular weight excluding hydrogens is 256 g/mol. The molecule has 0 fully saturated rings.